The van der Waals surface area contributed by atoms with E-state index in [1.807, 2.05) is 0 Å². The molecule has 0 heterocycles. The van der Waals surface area contributed by atoms with Crippen LogP contribution in [0.15, 0.2) is 48.6 Å². The Hall–Kier alpha value is -2.63. The molecule has 0 spiro atoms. The van der Waals surface area contributed by atoms with Gasteiger partial charge in [-0.15, -0.1) is 0 Å². The second kappa shape index (κ2) is 51.0. The van der Waals surface area contributed by atoms with Gasteiger partial charge in [0.1, 0.15) is 13.2 Å². The van der Waals surface area contributed by atoms with Gasteiger partial charge in [-0.3, -0.25) is 14.4 Å². The second-order valence-electron chi connectivity index (χ2n) is 17.7. The van der Waals surface area contributed by atoms with Crippen LogP contribution < -0.4 is 0 Å². The zero-order valence-corrected chi connectivity index (χ0v) is 41.1. The quantitative estimate of drug-likeness (QED) is 0.0262. The van der Waals surface area contributed by atoms with Crippen LogP contribution in [-0.4, -0.2) is 37.2 Å². The number of carbonyl (C=O) groups excluding carboxylic acids is 3. The van der Waals surface area contributed by atoms with E-state index in [0.717, 1.165) is 83.5 Å². The zero-order valence-electron chi connectivity index (χ0n) is 41.1. The van der Waals surface area contributed by atoms with E-state index < -0.39 is 6.10 Å². The van der Waals surface area contributed by atoms with Crippen molar-refractivity contribution < 1.29 is 28.6 Å². The molecule has 0 saturated carbocycles. The number of allylic oxidation sites excluding steroid dienone is 8. The monoisotopic (exact) mass is 869 g/mol. The Morgan fingerprint density at radius 2 is 0.645 bits per heavy atom. The topological polar surface area (TPSA) is 78.9 Å². The van der Waals surface area contributed by atoms with Crippen molar-refractivity contribution in [3.05, 3.63) is 48.6 Å². The summed E-state index contributed by atoms with van der Waals surface area (Å²) in [5, 5.41) is 0. The summed E-state index contributed by atoms with van der Waals surface area (Å²) in [6.45, 7) is 6.49. The second-order valence-corrected chi connectivity index (χ2v) is 17.7. The van der Waals surface area contributed by atoms with Gasteiger partial charge in [0.15, 0.2) is 6.10 Å². The summed E-state index contributed by atoms with van der Waals surface area (Å²) in [5.41, 5.74) is 0. The lowest BCUT2D eigenvalue weighted by atomic mass is 10.1. The van der Waals surface area contributed by atoms with Crippen molar-refractivity contribution in [2.24, 2.45) is 0 Å². The number of hydrogen-bond donors (Lipinski definition) is 0. The minimum Gasteiger partial charge on any atom is -0.462 e. The van der Waals surface area contributed by atoms with Crippen LogP contribution in [0.5, 0.6) is 0 Å². The molecule has 6 heteroatoms. The zero-order chi connectivity index (χ0) is 45.1. The van der Waals surface area contributed by atoms with E-state index in [9.17, 15) is 14.4 Å². The molecule has 6 nitrogen and oxygen atoms in total. The summed E-state index contributed by atoms with van der Waals surface area (Å²) in [5.74, 6) is -0.896. The van der Waals surface area contributed by atoms with E-state index in [1.54, 1.807) is 0 Å². The molecule has 0 fully saturated rings. The number of carbonyl (C=O) groups is 3. The van der Waals surface area contributed by atoms with Crippen molar-refractivity contribution in [3.8, 4) is 0 Å². The smallest absolute Gasteiger partial charge is 0.306 e. The third-order valence-electron chi connectivity index (χ3n) is 11.5. The minimum absolute atomic E-state index is 0.0804. The number of ether oxygens (including phenoxy) is 3. The molecule has 1 atom stereocenters. The molecule has 0 aliphatic rings. The first-order valence-electron chi connectivity index (χ1n) is 26.6. The van der Waals surface area contributed by atoms with Crippen molar-refractivity contribution >= 4 is 17.9 Å². The van der Waals surface area contributed by atoms with Crippen molar-refractivity contribution in [2.75, 3.05) is 13.2 Å². The molecule has 62 heavy (non-hydrogen) atoms. The van der Waals surface area contributed by atoms with Gasteiger partial charge in [0.05, 0.1) is 0 Å². The number of hydrogen-bond acceptors (Lipinski definition) is 6. The van der Waals surface area contributed by atoms with Crippen LogP contribution in [-0.2, 0) is 28.6 Å². The molecule has 0 aliphatic heterocycles. The van der Waals surface area contributed by atoms with Crippen molar-refractivity contribution in [3.63, 3.8) is 0 Å². The first-order valence-corrected chi connectivity index (χ1v) is 26.6. The fourth-order valence-corrected chi connectivity index (χ4v) is 7.51. The average molecular weight is 869 g/mol. The lowest BCUT2D eigenvalue weighted by Crippen LogP contribution is -2.30. The maximum atomic E-state index is 12.8. The predicted octanol–water partition coefficient (Wildman–Crippen LogP) is 17.5. The molecule has 1 unspecified atom stereocenters. The summed E-state index contributed by atoms with van der Waals surface area (Å²) in [6.07, 6.45) is 61.0. The SMILES string of the molecule is CC/C=C\C/C=C\CCCCCCCCCC(=O)OC(COC(=O)CCCCCCC/C=C\CCCC)COC(=O)CCCCCCCCC/C=C\CCCCCCCCCC. The molecule has 0 bridgehead atoms. The summed E-state index contributed by atoms with van der Waals surface area (Å²) in [6, 6.07) is 0. The van der Waals surface area contributed by atoms with E-state index >= 15 is 0 Å². The summed E-state index contributed by atoms with van der Waals surface area (Å²) < 4.78 is 16.8. The highest BCUT2D eigenvalue weighted by Gasteiger charge is 2.19. The van der Waals surface area contributed by atoms with E-state index in [0.29, 0.717) is 19.3 Å². The molecule has 0 aromatic rings. The molecule has 0 aromatic heterocycles. The normalized spacial score (nSPS) is 12.4. The molecule has 0 saturated heterocycles. The summed E-state index contributed by atoms with van der Waals surface area (Å²) in [4.78, 5) is 38.0. The number of esters is 3. The largest absolute Gasteiger partial charge is 0.462 e. The molecule has 0 aromatic carbocycles. The maximum Gasteiger partial charge on any atom is 0.306 e. The summed E-state index contributed by atoms with van der Waals surface area (Å²) in [7, 11) is 0. The maximum absolute atomic E-state index is 12.8. The molecule has 0 amide bonds. The standard InChI is InChI=1S/C56H100O6/c1-4-7-10-13-16-19-22-24-26-27-28-29-30-32-34-37-40-43-46-49-55(58)61-52-53(51-60-54(57)48-45-42-39-36-33-21-18-15-12-9-6-3)62-56(59)50-47-44-41-38-35-31-25-23-20-17-14-11-8-5-2/h8,11,15,17-18,20,27-28,53H,4-7,9-10,12-14,16,19,21-26,29-52H2,1-3H3/b11-8-,18-15-,20-17-,28-27-. The van der Waals surface area contributed by atoms with Crippen LogP contribution >= 0.6 is 0 Å². The van der Waals surface area contributed by atoms with E-state index in [4.69, 9.17) is 14.2 Å². The van der Waals surface area contributed by atoms with Gasteiger partial charge in [0, 0.05) is 19.3 Å². The van der Waals surface area contributed by atoms with Crippen LogP contribution in [0.3, 0.4) is 0 Å². The highest BCUT2D eigenvalue weighted by atomic mass is 16.6. The lowest BCUT2D eigenvalue weighted by molar-refractivity contribution is -0.167. The van der Waals surface area contributed by atoms with Crippen LogP contribution in [0.1, 0.15) is 271 Å². The van der Waals surface area contributed by atoms with Gasteiger partial charge in [-0.25, -0.2) is 0 Å². The highest BCUT2D eigenvalue weighted by Crippen LogP contribution is 2.15. The van der Waals surface area contributed by atoms with Gasteiger partial charge < -0.3 is 14.2 Å². The fourth-order valence-electron chi connectivity index (χ4n) is 7.51. The first kappa shape index (κ1) is 59.4. The Morgan fingerprint density at radius 1 is 0.339 bits per heavy atom. The number of unbranched alkanes of at least 4 members (excludes halogenated alkanes) is 29. The third-order valence-corrected chi connectivity index (χ3v) is 11.5. The van der Waals surface area contributed by atoms with Crippen molar-refractivity contribution in [1.29, 1.82) is 0 Å². The van der Waals surface area contributed by atoms with E-state index in [2.05, 4.69) is 69.4 Å². The fraction of sp³-hybridized carbons (Fsp3) is 0.804. The van der Waals surface area contributed by atoms with Crippen LogP contribution in [0.25, 0.3) is 0 Å². The molecular formula is C56H100O6. The Balaban J connectivity index is 4.33. The Labute approximate surface area is 384 Å². The molecular weight excluding hydrogens is 769 g/mol. The Morgan fingerprint density at radius 3 is 1.03 bits per heavy atom. The van der Waals surface area contributed by atoms with Gasteiger partial charge >= 0.3 is 17.9 Å². The number of rotatable bonds is 48. The molecule has 0 N–H and O–H groups in total. The Kier molecular flexibility index (Phi) is 48.8. The summed E-state index contributed by atoms with van der Waals surface area (Å²) >= 11 is 0. The van der Waals surface area contributed by atoms with Crippen LogP contribution in [0.2, 0.25) is 0 Å². The van der Waals surface area contributed by atoms with Crippen LogP contribution in [0, 0.1) is 0 Å². The van der Waals surface area contributed by atoms with Gasteiger partial charge in [-0.1, -0.05) is 211 Å². The highest BCUT2D eigenvalue weighted by molar-refractivity contribution is 5.71. The predicted molar refractivity (Wildman–Crippen MR) is 265 cm³/mol. The minimum atomic E-state index is -0.780. The molecule has 360 valence electrons. The van der Waals surface area contributed by atoms with Gasteiger partial charge in [-0.05, 0) is 89.9 Å². The van der Waals surface area contributed by atoms with Gasteiger partial charge in [-0.2, -0.15) is 0 Å². The lowest BCUT2D eigenvalue weighted by Gasteiger charge is -2.18. The van der Waals surface area contributed by atoms with E-state index in [1.165, 1.54) is 148 Å². The van der Waals surface area contributed by atoms with Gasteiger partial charge in [0.25, 0.3) is 0 Å². The van der Waals surface area contributed by atoms with Crippen LogP contribution in [0.4, 0.5) is 0 Å². The molecule has 0 aliphatic carbocycles. The van der Waals surface area contributed by atoms with E-state index in [-0.39, 0.29) is 31.1 Å². The molecule has 0 rings (SSSR count). The molecule has 0 radical (unpaired) electrons. The average Bonchev–Trinajstić information content (AvgIpc) is 3.27. The van der Waals surface area contributed by atoms with Gasteiger partial charge in [0.2, 0.25) is 0 Å². The first-order chi connectivity index (χ1) is 30.5. The van der Waals surface area contributed by atoms with Crippen molar-refractivity contribution in [1.82, 2.24) is 0 Å². The third kappa shape index (κ3) is 48.4. The Bertz CT molecular complexity index is 1090. The van der Waals surface area contributed by atoms with Crippen molar-refractivity contribution in [2.45, 2.75) is 277 Å².